The highest BCUT2D eigenvalue weighted by molar-refractivity contribution is 8.00. The molecule has 4 heterocycles. The van der Waals surface area contributed by atoms with Crippen LogP contribution in [-0.4, -0.2) is 37.7 Å². The van der Waals surface area contributed by atoms with Crippen LogP contribution in [0.3, 0.4) is 0 Å². The van der Waals surface area contributed by atoms with Gasteiger partial charge in [0.2, 0.25) is 0 Å². The summed E-state index contributed by atoms with van der Waals surface area (Å²) in [6, 6.07) is 4.32. The predicted octanol–water partition coefficient (Wildman–Crippen LogP) is 5.92. The summed E-state index contributed by atoms with van der Waals surface area (Å²) >= 11 is 1.74. The Morgan fingerprint density at radius 3 is 2.13 bits per heavy atom. The lowest BCUT2D eigenvalue weighted by molar-refractivity contribution is 0.520. The van der Waals surface area contributed by atoms with Crippen LogP contribution in [0.1, 0.15) is 66.4 Å². The smallest absolute Gasteiger partial charge is 0.103 e. The van der Waals surface area contributed by atoms with E-state index in [1.165, 1.54) is 32.4 Å². The highest BCUT2D eigenvalue weighted by atomic mass is 32.2. The van der Waals surface area contributed by atoms with E-state index in [1.807, 2.05) is 53.3 Å². The molecule has 3 aromatic rings. The minimum Gasteiger partial charge on any atom is -0.317 e. The van der Waals surface area contributed by atoms with Crippen molar-refractivity contribution in [3.63, 3.8) is 0 Å². The zero-order chi connectivity index (χ0) is 23.2. The van der Waals surface area contributed by atoms with E-state index in [0.717, 1.165) is 21.5 Å². The monoisotopic (exact) mass is 442 g/mol. The number of hydrogen-bond acceptors (Lipinski definition) is 5. The minimum absolute atomic E-state index is 0.430. The molecule has 0 spiro atoms. The van der Waals surface area contributed by atoms with Gasteiger partial charge in [-0.25, -0.2) is 4.52 Å². The van der Waals surface area contributed by atoms with Gasteiger partial charge in [-0.3, -0.25) is 4.68 Å². The zero-order valence-corrected chi connectivity index (χ0v) is 21.0. The molecule has 1 fully saturated rings. The second-order valence-corrected chi connectivity index (χ2v) is 8.55. The van der Waals surface area contributed by atoms with Crippen LogP contribution in [0.4, 0.5) is 0 Å². The summed E-state index contributed by atoms with van der Waals surface area (Å²) in [5, 5.41) is 21.5. The molecule has 0 amide bonds. The maximum atomic E-state index is 9.25. The summed E-state index contributed by atoms with van der Waals surface area (Å²) in [6.45, 7) is 14.8. The van der Waals surface area contributed by atoms with E-state index in [-0.39, 0.29) is 0 Å². The fourth-order valence-electron chi connectivity index (χ4n) is 3.04. The van der Waals surface area contributed by atoms with E-state index in [1.54, 1.807) is 27.2 Å². The van der Waals surface area contributed by atoms with Gasteiger partial charge in [-0.05, 0) is 32.0 Å². The zero-order valence-electron chi connectivity index (χ0n) is 20.1. The first-order valence-electron chi connectivity index (χ1n) is 11.4. The van der Waals surface area contributed by atoms with Crippen LogP contribution in [0.15, 0.2) is 35.7 Å². The largest absolute Gasteiger partial charge is 0.317 e. The number of pyridine rings is 1. The van der Waals surface area contributed by atoms with E-state index in [0.29, 0.717) is 10.8 Å². The summed E-state index contributed by atoms with van der Waals surface area (Å²) in [7, 11) is 1.90. The van der Waals surface area contributed by atoms with Crippen molar-refractivity contribution in [1.29, 1.82) is 5.26 Å². The Balaban J connectivity index is 0.000000404. The molecule has 6 nitrogen and oxygen atoms in total. The van der Waals surface area contributed by atoms with Crippen LogP contribution in [0.2, 0.25) is 0 Å². The number of thioether (sulfide) groups is 1. The first kappa shape index (κ1) is 26.7. The number of nitriles is 1. The summed E-state index contributed by atoms with van der Waals surface area (Å²) < 4.78 is 3.56. The summed E-state index contributed by atoms with van der Waals surface area (Å²) in [6.07, 6.45) is 11.6. The number of aryl methyl sites for hydroxylation is 1. The number of rotatable bonds is 3. The lowest BCUT2D eigenvalue weighted by atomic mass is 10.1. The number of piperidine rings is 1. The Labute approximate surface area is 192 Å². The molecule has 0 aromatic carbocycles. The molecule has 170 valence electrons. The molecule has 0 bridgehead atoms. The van der Waals surface area contributed by atoms with Gasteiger partial charge < -0.3 is 5.32 Å². The Morgan fingerprint density at radius 1 is 1.00 bits per heavy atom. The third-order valence-corrected chi connectivity index (χ3v) is 5.34. The van der Waals surface area contributed by atoms with Crippen molar-refractivity contribution in [3.8, 4) is 17.2 Å². The average molecular weight is 443 g/mol. The molecule has 0 atom stereocenters. The van der Waals surface area contributed by atoms with Gasteiger partial charge in [-0.2, -0.15) is 15.5 Å². The van der Waals surface area contributed by atoms with E-state index in [9.17, 15) is 5.26 Å². The molecule has 0 saturated carbocycles. The lowest BCUT2D eigenvalue weighted by Gasteiger charge is -2.09. The average Bonchev–Trinajstić information content (AvgIpc) is 3.44. The van der Waals surface area contributed by atoms with Crippen LogP contribution < -0.4 is 5.32 Å². The SMILES string of the molecule is C1CCNCC1.CC.CC.CC(C)Sc1cc(-c2cnn(C)c2)cn2ncc(C#N)c12. The van der Waals surface area contributed by atoms with Crippen molar-refractivity contribution in [2.45, 2.75) is 71.0 Å². The standard InChI is InChI=1S/C15H15N5S.C5H11N.2C2H6/c1-10(2)21-14-4-11(13-7-17-19(3)8-13)9-20-15(14)12(5-16)6-18-20;1-2-4-6-5-3-1;2*1-2/h4,6-10H,1-3H3;6H,1-5H2;2*1-2H3. The van der Waals surface area contributed by atoms with E-state index in [4.69, 9.17) is 0 Å². The van der Waals surface area contributed by atoms with Gasteiger partial charge in [0.05, 0.1) is 23.5 Å². The van der Waals surface area contributed by atoms with Gasteiger partial charge >= 0.3 is 0 Å². The van der Waals surface area contributed by atoms with Crippen molar-refractivity contribution in [2.24, 2.45) is 7.05 Å². The molecule has 1 saturated heterocycles. The number of aromatic nitrogens is 4. The molecule has 3 aromatic heterocycles. The normalized spacial score (nSPS) is 12.6. The molecule has 1 aliphatic rings. The van der Waals surface area contributed by atoms with Gasteiger partial charge in [0.15, 0.2) is 0 Å². The number of nitrogens with one attached hydrogen (secondary N) is 1. The fraction of sp³-hybridized carbons (Fsp3) is 0.542. The van der Waals surface area contributed by atoms with E-state index >= 15 is 0 Å². The first-order valence-corrected chi connectivity index (χ1v) is 12.2. The van der Waals surface area contributed by atoms with Gasteiger partial charge in [0.25, 0.3) is 0 Å². The van der Waals surface area contributed by atoms with Gasteiger partial charge in [0, 0.05) is 40.7 Å². The summed E-state index contributed by atoms with van der Waals surface area (Å²) in [5.74, 6) is 0. The highest BCUT2D eigenvalue weighted by Crippen LogP contribution is 2.33. The Morgan fingerprint density at radius 2 is 1.68 bits per heavy atom. The summed E-state index contributed by atoms with van der Waals surface area (Å²) in [5.41, 5.74) is 3.57. The maximum Gasteiger partial charge on any atom is 0.103 e. The number of hydrogen-bond donors (Lipinski definition) is 1. The van der Waals surface area contributed by atoms with Crippen molar-refractivity contribution in [1.82, 2.24) is 24.7 Å². The third kappa shape index (κ3) is 8.04. The second-order valence-electron chi connectivity index (χ2n) is 6.94. The molecular weight excluding hydrogens is 404 g/mol. The number of nitrogens with zero attached hydrogens (tertiary/aromatic N) is 5. The van der Waals surface area contributed by atoms with Gasteiger partial charge in [-0.1, -0.05) is 48.0 Å². The minimum atomic E-state index is 0.430. The molecule has 1 N–H and O–H groups in total. The van der Waals surface area contributed by atoms with E-state index in [2.05, 4.69) is 41.5 Å². The van der Waals surface area contributed by atoms with Crippen LogP contribution in [0.25, 0.3) is 16.6 Å². The first-order chi connectivity index (χ1) is 15.1. The van der Waals surface area contributed by atoms with Crippen molar-refractivity contribution < 1.29 is 0 Å². The Bertz CT molecular complexity index is 920. The molecule has 0 radical (unpaired) electrons. The molecular formula is C24H38N6S. The molecule has 0 aliphatic carbocycles. The molecule has 7 heteroatoms. The lowest BCUT2D eigenvalue weighted by Crippen LogP contribution is -2.21. The molecule has 1 aliphatic heterocycles. The van der Waals surface area contributed by atoms with Crippen molar-refractivity contribution in [2.75, 3.05) is 13.1 Å². The molecule has 0 unspecified atom stereocenters. The van der Waals surface area contributed by atoms with Crippen LogP contribution in [-0.2, 0) is 7.05 Å². The van der Waals surface area contributed by atoms with Crippen molar-refractivity contribution in [3.05, 3.63) is 36.4 Å². The molecule has 4 rings (SSSR count). The van der Waals surface area contributed by atoms with Crippen LogP contribution >= 0.6 is 11.8 Å². The fourth-order valence-corrected chi connectivity index (χ4v) is 4.06. The Hall–Kier alpha value is -2.30. The topological polar surface area (TPSA) is 70.9 Å². The Kier molecular flexibility index (Phi) is 12.6. The number of fused-ring (bicyclic) bond motifs is 1. The van der Waals surface area contributed by atoms with Crippen molar-refractivity contribution >= 4 is 17.3 Å². The predicted molar refractivity (Wildman–Crippen MR) is 133 cm³/mol. The maximum absolute atomic E-state index is 9.25. The summed E-state index contributed by atoms with van der Waals surface area (Å²) in [4.78, 5) is 1.07. The van der Waals surface area contributed by atoms with Gasteiger partial charge in [0.1, 0.15) is 6.07 Å². The quantitative estimate of drug-likeness (QED) is 0.510. The highest BCUT2D eigenvalue weighted by Gasteiger charge is 2.14. The molecule has 31 heavy (non-hydrogen) atoms. The van der Waals surface area contributed by atoms with Crippen LogP contribution in [0.5, 0.6) is 0 Å². The third-order valence-electron chi connectivity index (χ3n) is 4.31. The van der Waals surface area contributed by atoms with Gasteiger partial charge in [-0.15, -0.1) is 11.8 Å². The second kappa shape index (κ2) is 14.7. The van der Waals surface area contributed by atoms with Crippen LogP contribution in [0, 0.1) is 11.3 Å². The van der Waals surface area contributed by atoms with E-state index < -0.39 is 0 Å².